The van der Waals surface area contributed by atoms with Crippen molar-refractivity contribution >= 4 is 10.8 Å². The van der Waals surface area contributed by atoms with Gasteiger partial charge in [-0.1, -0.05) is 43.4 Å². The van der Waals surface area contributed by atoms with Crippen LogP contribution in [-0.2, 0) is 0 Å². The number of halogens is 1. The number of hydrogen-bond acceptors (Lipinski definition) is 3. The highest BCUT2D eigenvalue weighted by molar-refractivity contribution is 5.82. The molecule has 160 valence electrons. The molecule has 2 unspecified atom stereocenters. The minimum atomic E-state index is -0.448. The number of rotatable bonds is 6. The maximum atomic E-state index is 14.0. The lowest BCUT2D eigenvalue weighted by atomic mass is 10.00. The zero-order valence-corrected chi connectivity index (χ0v) is 17.9. The Hall–Kier alpha value is -2.24. The number of benzene rings is 1. The third kappa shape index (κ3) is 4.57. The van der Waals surface area contributed by atoms with E-state index >= 15 is 0 Å². The van der Waals surface area contributed by atoms with Gasteiger partial charge in [-0.25, -0.2) is 4.39 Å². The SMILES string of the molecule is C=C(/C=C\CN1CCN(C2CCC(c3cc4cccc(F)c4c(=O)[nH]3)C2)CC1)CC. The van der Waals surface area contributed by atoms with Gasteiger partial charge in [0, 0.05) is 50.4 Å². The Morgan fingerprint density at radius 1 is 1.27 bits per heavy atom. The summed E-state index contributed by atoms with van der Waals surface area (Å²) >= 11 is 0. The maximum absolute atomic E-state index is 14.0. The summed E-state index contributed by atoms with van der Waals surface area (Å²) in [5.41, 5.74) is 1.83. The van der Waals surface area contributed by atoms with Crippen LogP contribution in [0.4, 0.5) is 4.39 Å². The molecule has 0 radical (unpaired) electrons. The van der Waals surface area contributed by atoms with Gasteiger partial charge in [-0.3, -0.25) is 14.6 Å². The first kappa shape index (κ1) is 21.0. The van der Waals surface area contributed by atoms with Crippen molar-refractivity contribution in [3.8, 4) is 0 Å². The van der Waals surface area contributed by atoms with E-state index in [2.05, 4.69) is 40.4 Å². The fourth-order valence-electron chi connectivity index (χ4n) is 4.89. The number of H-pyrrole nitrogens is 1. The summed E-state index contributed by atoms with van der Waals surface area (Å²) in [6.07, 6.45) is 8.67. The van der Waals surface area contributed by atoms with Gasteiger partial charge in [0.05, 0.1) is 5.39 Å². The van der Waals surface area contributed by atoms with Gasteiger partial charge in [-0.05, 0) is 43.2 Å². The Labute approximate surface area is 178 Å². The molecule has 0 spiro atoms. The zero-order chi connectivity index (χ0) is 21.1. The molecule has 0 amide bonds. The molecule has 2 heterocycles. The second-order valence-electron chi connectivity index (χ2n) is 8.67. The first-order chi connectivity index (χ1) is 14.5. The Morgan fingerprint density at radius 2 is 2.07 bits per heavy atom. The third-order valence-corrected chi connectivity index (χ3v) is 6.78. The van der Waals surface area contributed by atoms with Crippen molar-refractivity contribution in [3.63, 3.8) is 0 Å². The molecule has 1 saturated heterocycles. The highest BCUT2D eigenvalue weighted by Gasteiger charge is 2.32. The molecule has 1 aliphatic carbocycles. The molecular weight excluding hydrogens is 377 g/mol. The van der Waals surface area contributed by atoms with Gasteiger partial charge in [0.25, 0.3) is 5.56 Å². The van der Waals surface area contributed by atoms with E-state index in [9.17, 15) is 9.18 Å². The molecule has 2 aromatic rings. The summed E-state index contributed by atoms with van der Waals surface area (Å²) in [4.78, 5) is 20.5. The molecule has 1 aromatic heterocycles. The smallest absolute Gasteiger partial charge is 0.259 e. The number of allylic oxidation sites excluding steroid dienone is 2. The standard InChI is InChI=1S/C25H32FN3O/c1-3-18(2)6-5-11-28-12-14-29(15-13-28)21-10-9-19(16-21)23-17-20-7-4-8-22(26)24(20)25(30)27-23/h4-8,17,19,21H,2-3,9-16H2,1H3,(H,27,30)/b6-5-. The van der Waals surface area contributed by atoms with Gasteiger partial charge in [-0.2, -0.15) is 0 Å². The zero-order valence-electron chi connectivity index (χ0n) is 17.9. The average molecular weight is 410 g/mol. The highest BCUT2D eigenvalue weighted by atomic mass is 19.1. The van der Waals surface area contributed by atoms with Gasteiger partial charge >= 0.3 is 0 Å². The lowest BCUT2D eigenvalue weighted by Gasteiger charge is -2.37. The first-order valence-corrected chi connectivity index (χ1v) is 11.2. The fourth-order valence-corrected chi connectivity index (χ4v) is 4.89. The van der Waals surface area contributed by atoms with Crippen LogP contribution in [0.3, 0.4) is 0 Å². The van der Waals surface area contributed by atoms with Crippen molar-refractivity contribution in [2.75, 3.05) is 32.7 Å². The van der Waals surface area contributed by atoms with Crippen LogP contribution in [0, 0.1) is 5.82 Å². The number of nitrogens with zero attached hydrogens (tertiary/aromatic N) is 2. The number of aromatic amines is 1. The normalized spacial score (nSPS) is 23.5. The number of aromatic nitrogens is 1. The van der Waals surface area contributed by atoms with Gasteiger partial charge in [0.1, 0.15) is 5.82 Å². The maximum Gasteiger partial charge on any atom is 0.259 e. The van der Waals surface area contributed by atoms with Gasteiger partial charge < -0.3 is 4.98 Å². The summed E-state index contributed by atoms with van der Waals surface area (Å²) in [5.74, 6) is -0.104. The molecular formula is C25H32FN3O. The summed E-state index contributed by atoms with van der Waals surface area (Å²) in [5, 5.41) is 0.869. The number of pyridine rings is 1. The second kappa shape index (κ2) is 9.27. The number of nitrogens with one attached hydrogen (secondary N) is 1. The second-order valence-corrected chi connectivity index (χ2v) is 8.67. The van der Waals surface area contributed by atoms with Crippen LogP contribution in [0.15, 0.2) is 53.4 Å². The summed E-state index contributed by atoms with van der Waals surface area (Å²) in [7, 11) is 0. The van der Waals surface area contributed by atoms with Gasteiger partial charge in [0.2, 0.25) is 0 Å². The number of hydrogen-bond donors (Lipinski definition) is 1. The van der Waals surface area contributed by atoms with Crippen LogP contribution >= 0.6 is 0 Å². The van der Waals surface area contributed by atoms with E-state index in [0.29, 0.717) is 17.3 Å². The summed E-state index contributed by atoms with van der Waals surface area (Å²) < 4.78 is 14.0. The van der Waals surface area contributed by atoms with Gasteiger partial charge in [0.15, 0.2) is 0 Å². The molecule has 5 heteroatoms. The molecule has 1 saturated carbocycles. The largest absolute Gasteiger partial charge is 0.325 e. The Kier molecular flexibility index (Phi) is 6.49. The molecule has 1 aromatic carbocycles. The van der Waals surface area contributed by atoms with E-state index in [-0.39, 0.29) is 10.9 Å². The molecule has 2 atom stereocenters. The topological polar surface area (TPSA) is 39.3 Å². The van der Waals surface area contributed by atoms with Crippen molar-refractivity contribution in [1.82, 2.24) is 14.8 Å². The van der Waals surface area contributed by atoms with Crippen molar-refractivity contribution in [2.24, 2.45) is 0 Å². The molecule has 1 aliphatic heterocycles. The van der Waals surface area contributed by atoms with Crippen molar-refractivity contribution in [1.29, 1.82) is 0 Å². The lowest BCUT2D eigenvalue weighted by molar-refractivity contribution is 0.104. The van der Waals surface area contributed by atoms with Crippen molar-refractivity contribution < 1.29 is 4.39 Å². The molecule has 4 rings (SSSR count). The van der Waals surface area contributed by atoms with E-state index in [0.717, 1.165) is 64.1 Å². The van der Waals surface area contributed by atoms with Crippen LogP contribution < -0.4 is 5.56 Å². The molecule has 2 aliphatic rings. The molecule has 4 nitrogen and oxygen atoms in total. The monoisotopic (exact) mass is 409 g/mol. The van der Waals surface area contributed by atoms with E-state index in [1.807, 2.05) is 12.1 Å². The van der Waals surface area contributed by atoms with Crippen LogP contribution in [0.2, 0.25) is 0 Å². The van der Waals surface area contributed by atoms with Crippen molar-refractivity contribution in [3.05, 3.63) is 70.4 Å². The molecule has 1 N–H and O–H groups in total. The van der Waals surface area contributed by atoms with Crippen LogP contribution in [-0.4, -0.2) is 53.5 Å². The molecule has 30 heavy (non-hydrogen) atoms. The van der Waals surface area contributed by atoms with Crippen LogP contribution in [0.5, 0.6) is 0 Å². The van der Waals surface area contributed by atoms with E-state index in [4.69, 9.17) is 0 Å². The van der Waals surface area contributed by atoms with Crippen LogP contribution in [0.25, 0.3) is 10.8 Å². The van der Waals surface area contributed by atoms with Gasteiger partial charge in [-0.15, -0.1) is 0 Å². The first-order valence-electron chi connectivity index (χ1n) is 11.2. The Balaban J connectivity index is 1.34. The third-order valence-electron chi connectivity index (χ3n) is 6.78. The Bertz CT molecular complexity index is 988. The predicted octanol–water partition coefficient (Wildman–Crippen LogP) is 4.44. The van der Waals surface area contributed by atoms with E-state index in [1.165, 1.54) is 11.6 Å². The van der Waals surface area contributed by atoms with Crippen LogP contribution in [0.1, 0.15) is 44.2 Å². The number of piperazine rings is 1. The highest BCUT2D eigenvalue weighted by Crippen LogP contribution is 2.36. The lowest BCUT2D eigenvalue weighted by Crippen LogP contribution is -2.49. The summed E-state index contributed by atoms with van der Waals surface area (Å²) in [6, 6.07) is 7.39. The quantitative estimate of drug-likeness (QED) is 0.717. The number of fused-ring (bicyclic) bond motifs is 1. The fraction of sp³-hybridized carbons (Fsp3) is 0.480. The Morgan fingerprint density at radius 3 is 2.83 bits per heavy atom. The molecule has 0 bridgehead atoms. The summed E-state index contributed by atoms with van der Waals surface area (Å²) in [6.45, 7) is 11.5. The minimum Gasteiger partial charge on any atom is -0.325 e. The molecule has 2 fully saturated rings. The van der Waals surface area contributed by atoms with E-state index in [1.54, 1.807) is 6.07 Å². The average Bonchev–Trinajstić information content (AvgIpc) is 3.24. The minimum absolute atomic E-state index is 0.170. The van der Waals surface area contributed by atoms with E-state index < -0.39 is 5.82 Å². The van der Waals surface area contributed by atoms with Crippen molar-refractivity contribution in [2.45, 2.75) is 44.6 Å². The predicted molar refractivity (Wildman–Crippen MR) is 121 cm³/mol.